The summed E-state index contributed by atoms with van der Waals surface area (Å²) in [4.78, 5) is -2.98. The Morgan fingerprint density at radius 3 is 1.18 bits per heavy atom. The van der Waals surface area contributed by atoms with Crippen LogP contribution in [0.25, 0.3) is 0 Å². The van der Waals surface area contributed by atoms with E-state index in [1.807, 2.05) is 48.5 Å². The maximum absolute atomic E-state index is 9.77. The van der Waals surface area contributed by atoms with Crippen LogP contribution in [0.15, 0.2) is 48.5 Å². The summed E-state index contributed by atoms with van der Waals surface area (Å²) in [7, 11) is 0. The highest BCUT2D eigenvalue weighted by Gasteiger charge is 2.68. The van der Waals surface area contributed by atoms with Crippen LogP contribution < -0.4 is 0 Å². The molecular weight excluding hydrogens is 315 g/mol. The molecule has 2 aromatic carbocycles. The molecule has 0 spiro atoms. The number of fused-ring (bicyclic) bond motifs is 1. The van der Waals surface area contributed by atoms with Crippen molar-refractivity contribution in [3.05, 3.63) is 70.8 Å². The third-order valence-electron chi connectivity index (χ3n) is 4.89. The maximum Gasteiger partial charge on any atom is 0.174 e. The molecule has 0 aliphatic heterocycles. The Kier molecular flexibility index (Phi) is 2.64. The van der Waals surface area contributed by atoms with Crippen LogP contribution in [-0.4, -0.2) is 9.75 Å². The van der Waals surface area contributed by atoms with Crippen LogP contribution in [0.5, 0.6) is 0 Å². The number of halogens is 2. The SMILES string of the molecule is N#C[C@@]1(Cl)C2c3ccccc3C(c3ccccc32)[C@]1(Cl)C#N. The fraction of sp³-hybridized carbons (Fsp3) is 0.222. The van der Waals surface area contributed by atoms with Gasteiger partial charge in [-0.3, -0.25) is 0 Å². The molecule has 4 heteroatoms. The lowest BCUT2D eigenvalue weighted by atomic mass is 9.54. The third-order valence-corrected chi connectivity index (χ3v) is 6.18. The summed E-state index contributed by atoms with van der Waals surface area (Å²) < 4.78 is 0. The van der Waals surface area contributed by atoms with Gasteiger partial charge in [-0.25, -0.2) is 0 Å². The van der Waals surface area contributed by atoms with Crippen LogP contribution >= 0.6 is 23.2 Å². The molecule has 0 saturated carbocycles. The molecule has 0 N–H and O–H groups in total. The van der Waals surface area contributed by atoms with Crippen LogP contribution in [0.3, 0.4) is 0 Å². The monoisotopic (exact) mass is 324 g/mol. The van der Waals surface area contributed by atoms with E-state index in [9.17, 15) is 10.5 Å². The number of hydrogen-bond acceptors (Lipinski definition) is 2. The van der Waals surface area contributed by atoms with Crippen LogP contribution in [-0.2, 0) is 0 Å². The summed E-state index contributed by atoms with van der Waals surface area (Å²) in [5.74, 6) is -0.817. The number of hydrogen-bond donors (Lipinski definition) is 0. The Bertz CT molecular complexity index is 760. The van der Waals surface area contributed by atoms with E-state index in [1.165, 1.54) is 0 Å². The molecule has 0 aromatic heterocycles. The highest BCUT2D eigenvalue weighted by atomic mass is 35.5. The van der Waals surface area contributed by atoms with Crippen molar-refractivity contribution in [3.8, 4) is 12.1 Å². The Hall–Kier alpha value is -2.00. The molecule has 0 saturated heterocycles. The summed E-state index contributed by atoms with van der Waals surface area (Å²) in [6, 6.07) is 19.9. The topological polar surface area (TPSA) is 47.6 Å². The molecule has 0 heterocycles. The van der Waals surface area contributed by atoms with Crippen molar-refractivity contribution < 1.29 is 0 Å². The van der Waals surface area contributed by atoms with Crippen LogP contribution in [0.1, 0.15) is 34.1 Å². The van der Waals surface area contributed by atoms with Gasteiger partial charge in [0.25, 0.3) is 0 Å². The molecule has 5 rings (SSSR count). The minimum Gasteiger partial charge on any atom is -0.196 e. The van der Waals surface area contributed by atoms with Gasteiger partial charge >= 0.3 is 0 Å². The first kappa shape index (κ1) is 13.6. The van der Waals surface area contributed by atoms with Gasteiger partial charge in [0.2, 0.25) is 0 Å². The molecule has 0 fully saturated rings. The van der Waals surface area contributed by atoms with E-state index < -0.39 is 21.6 Å². The Balaban J connectivity index is 2.18. The third kappa shape index (κ3) is 1.31. The van der Waals surface area contributed by atoms with E-state index in [0.717, 1.165) is 22.3 Å². The van der Waals surface area contributed by atoms with E-state index in [0.29, 0.717) is 0 Å². The number of benzene rings is 2. The van der Waals surface area contributed by atoms with Crippen molar-refractivity contribution in [1.29, 1.82) is 10.5 Å². The normalized spacial score (nSPS) is 34.2. The number of nitrogens with zero attached hydrogens (tertiary/aromatic N) is 2. The van der Waals surface area contributed by atoms with Crippen molar-refractivity contribution >= 4 is 23.2 Å². The molecule has 2 atom stereocenters. The quantitative estimate of drug-likeness (QED) is 0.679. The maximum atomic E-state index is 9.77. The average molecular weight is 325 g/mol. The van der Waals surface area contributed by atoms with E-state index in [-0.39, 0.29) is 0 Å². The highest BCUT2D eigenvalue weighted by molar-refractivity contribution is 6.39. The standard InChI is InChI=1S/C18H10Cl2N2/c19-17(9-21)15-11-5-1-2-6-12(11)16(18(17,20)10-22)14-8-4-3-7-13(14)15/h1-8,15-16H/t15?,16?,17-,18-/m1/s1. The van der Waals surface area contributed by atoms with Gasteiger partial charge < -0.3 is 0 Å². The number of alkyl halides is 2. The first-order chi connectivity index (χ1) is 10.6. The van der Waals surface area contributed by atoms with Crippen LogP contribution in [0, 0.1) is 22.7 Å². The van der Waals surface area contributed by atoms with Crippen molar-refractivity contribution in [1.82, 2.24) is 0 Å². The zero-order chi connectivity index (χ0) is 15.5. The fourth-order valence-corrected chi connectivity index (χ4v) is 4.75. The van der Waals surface area contributed by atoms with E-state index in [1.54, 1.807) is 0 Å². The molecule has 0 radical (unpaired) electrons. The smallest absolute Gasteiger partial charge is 0.174 e. The molecule has 2 nitrogen and oxygen atoms in total. The highest BCUT2D eigenvalue weighted by Crippen LogP contribution is 2.65. The van der Waals surface area contributed by atoms with Crippen molar-refractivity contribution in [2.45, 2.75) is 21.6 Å². The van der Waals surface area contributed by atoms with Gasteiger partial charge in [0.1, 0.15) is 0 Å². The second-order valence-electron chi connectivity index (χ2n) is 5.77. The lowest BCUT2D eigenvalue weighted by Crippen LogP contribution is -2.59. The second-order valence-corrected chi connectivity index (χ2v) is 6.96. The number of rotatable bonds is 0. The molecule has 22 heavy (non-hydrogen) atoms. The van der Waals surface area contributed by atoms with Crippen molar-refractivity contribution in [2.24, 2.45) is 0 Å². The first-order valence-electron chi connectivity index (χ1n) is 6.96. The van der Waals surface area contributed by atoms with Gasteiger partial charge in [-0.1, -0.05) is 71.7 Å². The number of nitriles is 2. The van der Waals surface area contributed by atoms with E-state index in [2.05, 4.69) is 12.1 Å². The van der Waals surface area contributed by atoms with Gasteiger partial charge in [0, 0.05) is 11.8 Å². The predicted octanol–water partition coefficient (Wildman–Crippen LogP) is 4.28. The summed E-state index contributed by atoms with van der Waals surface area (Å²) >= 11 is 13.4. The summed E-state index contributed by atoms with van der Waals surface area (Å²) in [6.07, 6.45) is 0. The predicted molar refractivity (Wildman–Crippen MR) is 85.0 cm³/mol. The van der Waals surface area contributed by atoms with Gasteiger partial charge in [-0.05, 0) is 22.3 Å². The lowest BCUT2D eigenvalue weighted by Gasteiger charge is -2.53. The molecular formula is C18H10Cl2N2. The molecule has 106 valence electrons. The van der Waals surface area contributed by atoms with Crippen LogP contribution in [0.4, 0.5) is 0 Å². The van der Waals surface area contributed by atoms with Gasteiger partial charge in [-0.15, -0.1) is 0 Å². The molecule has 2 bridgehead atoms. The van der Waals surface area contributed by atoms with Gasteiger partial charge in [-0.2, -0.15) is 10.5 Å². The van der Waals surface area contributed by atoms with Crippen molar-refractivity contribution in [3.63, 3.8) is 0 Å². The van der Waals surface area contributed by atoms with Gasteiger partial charge in [0.05, 0.1) is 12.1 Å². The Morgan fingerprint density at radius 2 is 0.955 bits per heavy atom. The summed E-state index contributed by atoms with van der Waals surface area (Å²) in [6.45, 7) is 0. The lowest BCUT2D eigenvalue weighted by molar-refractivity contribution is 0.404. The molecule has 0 unspecified atom stereocenters. The van der Waals surface area contributed by atoms with Crippen molar-refractivity contribution in [2.75, 3.05) is 0 Å². The summed E-state index contributed by atoms with van der Waals surface area (Å²) in [5, 5.41) is 19.5. The van der Waals surface area contributed by atoms with E-state index >= 15 is 0 Å². The Labute approximate surface area is 138 Å². The largest absolute Gasteiger partial charge is 0.196 e. The first-order valence-corrected chi connectivity index (χ1v) is 7.72. The second kappa shape index (κ2) is 4.26. The summed E-state index contributed by atoms with van der Waals surface area (Å²) in [5.41, 5.74) is 3.98. The zero-order valence-corrected chi connectivity index (χ0v) is 12.9. The Morgan fingerprint density at radius 1 is 0.682 bits per heavy atom. The molecule has 0 amide bonds. The molecule has 3 aliphatic carbocycles. The molecule has 2 aromatic rings. The van der Waals surface area contributed by atoms with Crippen LogP contribution in [0.2, 0.25) is 0 Å². The molecule has 3 aliphatic rings. The van der Waals surface area contributed by atoms with Gasteiger partial charge in [0.15, 0.2) is 9.75 Å². The zero-order valence-electron chi connectivity index (χ0n) is 11.4. The average Bonchev–Trinajstić information content (AvgIpc) is 2.57. The minimum atomic E-state index is -1.49. The van der Waals surface area contributed by atoms with E-state index in [4.69, 9.17) is 23.2 Å². The minimum absolute atomic E-state index is 0.409. The fourth-order valence-electron chi connectivity index (χ4n) is 3.98.